The van der Waals surface area contributed by atoms with Crippen LogP contribution >= 0.6 is 0 Å². The van der Waals surface area contributed by atoms with Crippen LogP contribution in [0.15, 0.2) is 95.0 Å². The molecular formula is C28H28N6O4. The Hall–Kier alpha value is -4.63. The molecule has 0 unspecified atom stereocenters. The number of hydrogen-bond acceptors (Lipinski definition) is 7. The number of aliphatic imine (C=N–C) groups is 1. The number of hydrazine groups is 1. The van der Waals surface area contributed by atoms with Crippen LogP contribution in [0.5, 0.6) is 5.75 Å². The molecular weight excluding hydrogens is 484 g/mol. The van der Waals surface area contributed by atoms with Gasteiger partial charge in [-0.15, -0.1) is 0 Å². The zero-order chi connectivity index (χ0) is 26.8. The maximum Gasteiger partial charge on any atom is 0.266 e. The highest BCUT2D eigenvalue weighted by Gasteiger charge is 2.53. The van der Waals surface area contributed by atoms with Crippen LogP contribution < -0.4 is 16.0 Å². The van der Waals surface area contributed by atoms with Crippen molar-refractivity contribution in [2.24, 2.45) is 15.9 Å². The topological polar surface area (TPSA) is 155 Å². The third-order valence-corrected chi connectivity index (χ3v) is 6.07. The lowest BCUT2D eigenvalue weighted by Crippen LogP contribution is -2.50. The van der Waals surface area contributed by atoms with E-state index in [9.17, 15) is 4.79 Å². The molecule has 4 rings (SSSR count). The summed E-state index contributed by atoms with van der Waals surface area (Å²) in [5, 5.41) is 12.8. The summed E-state index contributed by atoms with van der Waals surface area (Å²) >= 11 is 0. The van der Waals surface area contributed by atoms with Crippen molar-refractivity contribution in [3.8, 4) is 5.75 Å². The Bertz CT molecular complexity index is 1350. The monoisotopic (exact) mass is 512 g/mol. The molecule has 3 aromatic carbocycles. The normalized spacial score (nSPS) is 18.4. The lowest BCUT2D eigenvalue weighted by atomic mass is 9.83. The van der Waals surface area contributed by atoms with E-state index in [1.54, 1.807) is 48.5 Å². The van der Waals surface area contributed by atoms with E-state index in [-0.39, 0.29) is 18.9 Å². The van der Waals surface area contributed by atoms with Crippen molar-refractivity contribution in [2.75, 3.05) is 13.2 Å². The van der Waals surface area contributed by atoms with Gasteiger partial charge in [-0.1, -0.05) is 71.9 Å². The van der Waals surface area contributed by atoms with Gasteiger partial charge in [0.15, 0.2) is 11.6 Å². The first-order chi connectivity index (χ1) is 18.6. The summed E-state index contributed by atoms with van der Waals surface area (Å²) in [6, 6.07) is 23.7. The molecule has 38 heavy (non-hydrogen) atoms. The number of ether oxygens (including phenoxy) is 2. The molecule has 0 saturated heterocycles. The number of carbonyl (C=O) groups excluding carboxylic acids is 1. The fourth-order valence-electron chi connectivity index (χ4n) is 4.20. The fraction of sp³-hybridized carbons (Fsp3) is 0.214. The number of benzene rings is 3. The molecule has 0 aliphatic carbocycles. The molecule has 2 atom stereocenters. The van der Waals surface area contributed by atoms with Gasteiger partial charge in [0, 0.05) is 41.2 Å². The predicted molar refractivity (Wildman–Crippen MR) is 144 cm³/mol. The van der Waals surface area contributed by atoms with E-state index < -0.39 is 17.6 Å². The largest absolute Gasteiger partial charge is 0.494 e. The third-order valence-electron chi connectivity index (χ3n) is 6.07. The molecule has 194 valence electrons. The molecule has 1 amide bonds. The number of nitrogens with one attached hydrogen (secondary N) is 1. The van der Waals surface area contributed by atoms with Crippen molar-refractivity contribution in [1.29, 1.82) is 0 Å². The van der Waals surface area contributed by atoms with Gasteiger partial charge in [0.1, 0.15) is 5.75 Å². The third kappa shape index (κ3) is 5.84. The van der Waals surface area contributed by atoms with Gasteiger partial charge in [0.2, 0.25) is 5.90 Å². The summed E-state index contributed by atoms with van der Waals surface area (Å²) in [7, 11) is 0. The standard InChI is InChI=1S/C28H28N6O4/c29-32-27(36)28(17-6-10-20-8-2-1-3-9-20)25(23-11-4-5-12-24(23)33-34-30)38-26(31-28)21-13-15-22(16-14-21)37-19-7-18-35/h1-6,8-16,25,35H,7,17-19,29H2,(H,32,36)/b10-6+/t25-,28-/m0/s1. The van der Waals surface area contributed by atoms with Crippen molar-refractivity contribution in [3.05, 3.63) is 112 Å². The van der Waals surface area contributed by atoms with Crippen molar-refractivity contribution in [2.45, 2.75) is 24.5 Å². The van der Waals surface area contributed by atoms with Crippen LogP contribution in [0.4, 0.5) is 5.69 Å². The van der Waals surface area contributed by atoms with E-state index in [0.29, 0.717) is 35.6 Å². The van der Waals surface area contributed by atoms with Crippen LogP contribution in [-0.4, -0.2) is 35.7 Å². The van der Waals surface area contributed by atoms with E-state index in [4.69, 9.17) is 30.9 Å². The van der Waals surface area contributed by atoms with Gasteiger partial charge in [-0.05, 0) is 35.4 Å². The molecule has 1 aliphatic heterocycles. The van der Waals surface area contributed by atoms with E-state index in [2.05, 4.69) is 15.5 Å². The van der Waals surface area contributed by atoms with Crippen molar-refractivity contribution in [3.63, 3.8) is 0 Å². The first-order valence-electron chi connectivity index (χ1n) is 12.1. The maximum absolute atomic E-state index is 13.4. The van der Waals surface area contributed by atoms with Crippen molar-refractivity contribution >= 4 is 23.6 Å². The summed E-state index contributed by atoms with van der Waals surface area (Å²) in [4.78, 5) is 21.1. The zero-order valence-corrected chi connectivity index (χ0v) is 20.6. The summed E-state index contributed by atoms with van der Waals surface area (Å²) in [5.41, 5.74) is 12.3. The highest BCUT2D eigenvalue weighted by atomic mass is 16.5. The van der Waals surface area contributed by atoms with E-state index in [1.807, 2.05) is 42.5 Å². The summed E-state index contributed by atoms with van der Waals surface area (Å²) in [6.45, 7) is 0.435. The van der Waals surface area contributed by atoms with Crippen LogP contribution in [-0.2, 0) is 9.53 Å². The Morgan fingerprint density at radius 3 is 2.61 bits per heavy atom. The first-order valence-corrected chi connectivity index (χ1v) is 12.1. The molecule has 3 aromatic rings. The second-order valence-electron chi connectivity index (χ2n) is 8.53. The average Bonchev–Trinajstić information content (AvgIpc) is 3.34. The molecule has 1 heterocycles. The lowest BCUT2D eigenvalue weighted by Gasteiger charge is -2.29. The summed E-state index contributed by atoms with van der Waals surface area (Å²) < 4.78 is 12.0. The summed E-state index contributed by atoms with van der Waals surface area (Å²) in [6.07, 6.45) is 3.50. The number of carbonyl (C=O) groups is 1. The van der Waals surface area contributed by atoms with E-state index in [1.165, 1.54) is 0 Å². The van der Waals surface area contributed by atoms with Gasteiger partial charge in [-0.25, -0.2) is 10.8 Å². The second-order valence-corrected chi connectivity index (χ2v) is 8.53. The lowest BCUT2D eigenvalue weighted by molar-refractivity contribution is -0.128. The van der Waals surface area contributed by atoms with Crippen LogP contribution in [0.1, 0.15) is 35.6 Å². The van der Waals surface area contributed by atoms with Crippen molar-refractivity contribution < 1.29 is 19.4 Å². The van der Waals surface area contributed by atoms with Gasteiger partial charge in [0.25, 0.3) is 5.91 Å². The highest BCUT2D eigenvalue weighted by molar-refractivity contribution is 6.01. The number of aliphatic hydroxyl groups excluding tert-OH is 1. The Morgan fingerprint density at radius 1 is 1.16 bits per heavy atom. The molecule has 0 bridgehead atoms. The van der Waals surface area contributed by atoms with Gasteiger partial charge in [-0.2, -0.15) is 0 Å². The first kappa shape index (κ1) is 26.4. The SMILES string of the molecule is [N-]=[N+]=Nc1ccccc1[C@@H]1OC(c2ccc(OCCCO)cc2)=N[C@]1(C/C=C/c1ccccc1)C(=O)NN. The Morgan fingerprint density at radius 2 is 1.89 bits per heavy atom. The molecule has 10 heteroatoms. The van der Waals surface area contributed by atoms with E-state index >= 15 is 0 Å². The quantitative estimate of drug-likeness (QED) is 0.0644. The molecule has 0 radical (unpaired) electrons. The van der Waals surface area contributed by atoms with Gasteiger partial charge in [0.05, 0.1) is 6.61 Å². The van der Waals surface area contributed by atoms with Crippen molar-refractivity contribution in [1.82, 2.24) is 5.43 Å². The molecule has 0 fully saturated rings. The van der Waals surface area contributed by atoms with Gasteiger partial charge >= 0.3 is 0 Å². The molecule has 4 N–H and O–H groups in total. The van der Waals surface area contributed by atoms with Gasteiger partial charge < -0.3 is 14.6 Å². The van der Waals surface area contributed by atoms with Crippen LogP contribution in [0, 0.1) is 0 Å². The Balaban J connectivity index is 1.75. The van der Waals surface area contributed by atoms with E-state index in [0.717, 1.165) is 5.56 Å². The number of nitrogens with two attached hydrogens (primary N) is 1. The number of rotatable bonds is 11. The number of hydrogen-bond donors (Lipinski definition) is 3. The number of aliphatic hydroxyl groups is 1. The molecule has 1 aliphatic rings. The average molecular weight is 513 g/mol. The molecule has 0 aromatic heterocycles. The second kappa shape index (κ2) is 12.6. The minimum Gasteiger partial charge on any atom is -0.494 e. The maximum atomic E-state index is 13.4. The highest BCUT2D eigenvalue weighted by Crippen LogP contribution is 2.45. The predicted octanol–water partition coefficient (Wildman–Crippen LogP) is 4.74. The van der Waals surface area contributed by atoms with Gasteiger partial charge in [-0.3, -0.25) is 10.2 Å². The zero-order valence-electron chi connectivity index (χ0n) is 20.6. The van der Waals surface area contributed by atoms with Crippen LogP contribution in [0.3, 0.4) is 0 Å². The molecule has 0 spiro atoms. The smallest absolute Gasteiger partial charge is 0.266 e. The number of nitrogens with zero attached hydrogens (tertiary/aromatic N) is 4. The Labute approximate surface area is 220 Å². The molecule has 0 saturated carbocycles. The number of azide groups is 1. The Kier molecular flexibility index (Phi) is 8.73. The molecule has 10 nitrogen and oxygen atoms in total. The number of amides is 1. The minimum absolute atomic E-state index is 0.0471. The van der Waals surface area contributed by atoms with Crippen LogP contribution in [0.2, 0.25) is 0 Å². The fourth-order valence-corrected chi connectivity index (χ4v) is 4.20. The summed E-state index contributed by atoms with van der Waals surface area (Å²) in [5.74, 6) is 5.98. The van der Waals surface area contributed by atoms with Crippen LogP contribution in [0.25, 0.3) is 16.5 Å². The minimum atomic E-state index is -1.48.